The number of nitrogens with zero attached hydrogens (tertiary/aromatic N) is 1. The molecule has 1 aliphatic rings. The van der Waals surface area contributed by atoms with Crippen LogP contribution in [0.4, 0.5) is 0 Å². The zero-order valence-corrected chi connectivity index (χ0v) is 10.7. The second-order valence-electron chi connectivity index (χ2n) is 4.93. The normalized spacial score (nSPS) is 21.5. The summed E-state index contributed by atoms with van der Waals surface area (Å²) in [6.07, 6.45) is 3.51. The van der Waals surface area contributed by atoms with Gasteiger partial charge < -0.3 is 15.4 Å². The molecule has 0 aromatic carbocycles. The van der Waals surface area contributed by atoms with Crippen molar-refractivity contribution in [2.45, 2.75) is 51.1 Å². The van der Waals surface area contributed by atoms with E-state index in [9.17, 15) is 4.79 Å². The lowest BCUT2D eigenvalue weighted by Gasteiger charge is -2.36. The largest absolute Gasteiger partial charge is 0.381 e. The number of amides is 1. The number of ether oxygens (including phenoxy) is 1. The average Bonchev–Trinajstić information content (AvgIpc) is 2.28. The third-order valence-corrected chi connectivity index (χ3v) is 3.32. The van der Waals surface area contributed by atoms with Gasteiger partial charge in [-0.15, -0.1) is 0 Å². The van der Waals surface area contributed by atoms with Gasteiger partial charge in [0.05, 0.1) is 5.54 Å². The van der Waals surface area contributed by atoms with Crippen LogP contribution in [-0.4, -0.2) is 42.6 Å². The van der Waals surface area contributed by atoms with E-state index >= 15 is 0 Å². The van der Waals surface area contributed by atoms with Gasteiger partial charge in [0.25, 0.3) is 0 Å². The minimum atomic E-state index is -0.720. The van der Waals surface area contributed by atoms with Crippen LogP contribution in [0.5, 0.6) is 0 Å². The topological polar surface area (TPSA) is 55.6 Å². The molecule has 1 atom stereocenters. The van der Waals surface area contributed by atoms with E-state index < -0.39 is 5.54 Å². The number of nitrogens with two attached hydrogens (primary N) is 1. The van der Waals surface area contributed by atoms with Crippen LogP contribution in [0.25, 0.3) is 0 Å². The molecule has 0 spiro atoms. The highest BCUT2D eigenvalue weighted by atomic mass is 16.5. The second-order valence-corrected chi connectivity index (χ2v) is 4.93. The van der Waals surface area contributed by atoms with Gasteiger partial charge in [0.2, 0.25) is 5.91 Å². The molecule has 16 heavy (non-hydrogen) atoms. The van der Waals surface area contributed by atoms with Crippen LogP contribution in [-0.2, 0) is 9.53 Å². The van der Waals surface area contributed by atoms with Gasteiger partial charge in [-0.05, 0) is 26.2 Å². The molecule has 4 nitrogen and oxygen atoms in total. The zero-order chi connectivity index (χ0) is 12.2. The number of carbonyl (C=O) groups excluding carboxylic acids is 1. The van der Waals surface area contributed by atoms with Crippen molar-refractivity contribution in [2.24, 2.45) is 5.73 Å². The number of rotatable bonds is 4. The summed E-state index contributed by atoms with van der Waals surface area (Å²) in [6.45, 7) is 5.37. The molecule has 1 saturated heterocycles. The molecular weight excluding hydrogens is 204 g/mol. The van der Waals surface area contributed by atoms with E-state index in [1.54, 1.807) is 0 Å². The van der Waals surface area contributed by atoms with Crippen LogP contribution >= 0.6 is 0 Å². The maximum absolute atomic E-state index is 12.2. The maximum Gasteiger partial charge on any atom is 0.242 e. The van der Waals surface area contributed by atoms with Crippen LogP contribution in [0, 0.1) is 0 Å². The van der Waals surface area contributed by atoms with Gasteiger partial charge in [-0.25, -0.2) is 0 Å². The molecule has 0 bridgehead atoms. The molecule has 94 valence electrons. The summed E-state index contributed by atoms with van der Waals surface area (Å²) in [4.78, 5) is 14.0. The molecule has 1 amide bonds. The Hall–Kier alpha value is -0.610. The highest BCUT2D eigenvalue weighted by Crippen LogP contribution is 2.18. The van der Waals surface area contributed by atoms with Crippen molar-refractivity contribution < 1.29 is 9.53 Å². The van der Waals surface area contributed by atoms with Crippen molar-refractivity contribution in [1.29, 1.82) is 0 Å². The molecule has 1 rings (SSSR count). The first-order valence-corrected chi connectivity index (χ1v) is 6.13. The molecule has 0 radical (unpaired) electrons. The Labute approximate surface area is 98.1 Å². The van der Waals surface area contributed by atoms with Gasteiger partial charge in [-0.2, -0.15) is 0 Å². The van der Waals surface area contributed by atoms with Crippen molar-refractivity contribution in [2.75, 3.05) is 20.3 Å². The van der Waals surface area contributed by atoms with E-state index in [1.165, 1.54) is 0 Å². The standard InChI is InChI=1S/C12H24N2O2/c1-4-7-12(2,13)11(15)14(3)10-5-8-16-9-6-10/h10H,4-9,13H2,1-3H3. The first kappa shape index (κ1) is 13.5. The lowest BCUT2D eigenvalue weighted by Crippen LogP contribution is -2.55. The van der Waals surface area contributed by atoms with E-state index in [2.05, 4.69) is 0 Å². The van der Waals surface area contributed by atoms with Crippen LogP contribution in [0.15, 0.2) is 0 Å². The summed E-state index contributed by atoms with van der Waals surface area (Å²) < 4.78 is 5.29. The predicted octanol–water partition coefficient (Wildman–Crippen LogP) is 1.14. The first-order chi connectivity index (χ1) is 7.49. The Balaban J connectivity index is 2.57. The first-order valence-electron chi connectivity index (χ1n) is 6.13. The molecule has 2 N–H and O–H groups in total. The SMILES string of the molecule is CCCC(C)(N)C(=O)N(C)C1CCOCC1. The van der Waals surface area contributed by atoms with E-state index in [1.807, 2.05) is 25.8 Å². The Kier molecular flexibility index (Phi) is 4.74. The molecule has 1 fully saturated rings. The van der Waals surface area contributed by atoms with Gasteiger partial charge in [0.15, 0.2) is 0 Å². The maximum atomic E-state index is 12.2. The van der Waals surface area contributed by atoms with Crippen LogP contribution < -0.4 is 5.73 Å². The van der Waals surface area contributed by atoms with Crippen molar-refractivity contribution in [3.05, 3.63) is 0 Å². The second kappa shape index (κ2) is 5.64. The summed E-state index contributed by atoms with van der Waals surface area (Å²) >= 11 is 0. The Morgan fingerprint density at radius 3 is 2.56 bits per heavy atom. The summed E-state index contributed by atoms with van der Waals surface area (Å²) in [6, 6.07) is 0.293. The summed E-state index contributed by atoms with van der Waals surface area (Å²) in [5.41, 5.74) is 5.34. The van der Waals surface area contributed by atoms with E-state index in [-0.39, 0.29) is 5.91 Å². The van der Waals surface area contributed by atoms with Gasteiger partial charge in [0.1, 0.15) is 0 Å². The Morgan fingerprint density at radius 2 is 2.06 bits per heavy atom. The lowest BCUT2D eigenvalue weighted by molar-refractivity contribution is -0.139. The van der Waals surface area contributed by atoms with E-state index in [0.717, 1.165) is 38.9 Å². The van der Waals surface area contributed by atoms with E-state index in [0.29, 0.717) is 6.04 Å². The van der Waals surface area contributed by atoms with E-state index in [4.69, 9.17) is 10.5 Å². The van der Waals surface area contributed by atoms with Crippen molar-refractivity contribution in [3.8, 4) is 0 Å². The summed E-state index contributed by atoms with van der Waals surface area (Å²) in [5.74, 6) is 0.0567. The monoisotopic (exact) mass is 228 g/mol. The van der Waals surface area contributed by atoms with Crippen molar-refractivity contribution in [3.63, 3.8) is 0 Å². The average molecular weight is 228 g/mol. The third kappa shape index (κ3) is 3.19. The Bertz CT molecular complexity index is 235. The van der Waals surface area contributed by atoms with Gasteiger partial charge in [-0.3, -0.25) is 4.79 Å². The zero-order valence-electron chi connectivity index (χ0n) is 10.7. The van der Waals surface area contributed by atoms with Crippen LogP contribution in [0.3, 0.4) is 0 Å². The predicted molar refractivity (Wildman–Crippen MR) is 64.1 cm³/mol. The summed E-state index contributed by atoms with van der Waals surface area (Å²) in [7, 11) is 1.86. The molecular formula is C12H24N2O2. The molecule has 1 heterocycles. The Morgan fingerprint density at radius 1 is 1.50 bits per heavy atom. The quantitative estimate of drug-likeness (QED) is 0.785. The number of likely N-dealkylation sites (N-methyl/N-ethyl adjacent to an activating group) is 1. The highest BCUT2D eigenvalue weighted by Gasteiger charge is 2.33. The smallest absolute Gasteiger partial charge is 0.242 e. The number of hydrogen-bond donors (Lipinski definition) is 1. The summed E-state index contributed by atoms with van der Waals surface area (Å²) in [5, 5.41) is 0. The highest BCUT2D eigenvalue weighted by molar-refractivity contribution is 5.85. The third-order valence-electron chi connectivity index (χ3n) is 3.32. The van der Waals surface area contributed by atoms with Crippen LogP contribution in [0.1, 0.15) is 39.5 Å². The lowest BCUT2D eigenvalue weighted by atomic mass is 9.94. The fraction of sp³-hybridized carbons (Fsp3) is 0.917. The molecule has 0 aromatic rings. The van der Waals surface area contributed by atoms with Crippen molar-refractivity contribution >= 4 is 5.91 Å². The van der Waals surface area contributed by atoms with Crippen LogP contribution in [0.2, 0.25) is 0 Å². The molecule has 0 aliphatic carbocycles. The molecule has 0 saturated carbocycles. The number of hydrogen-bond acceptors (Lipinski definition) is 3. The van der Waals surface area contributed by atoms with Gasteiger partial charge >= 0.3 is 0 Å². The molecule has 1 aliphatic heterocycles. The van der Waals surface area contributed by atoms with Crippen molar-refractivity contribution in [1.82, 2.24) is 4.90 Å². The fourth-order valence-electron chi connectivity index (χ4n) is 2.27. The molecule has 1 unspecified atom stereocenters. The minimum Gasteiger partial charge on any atom is -0.381 e. The minimum absolute atomic E-state index is 0.0567. The fourth-order valence-corrected chi connectivity index (χ4v) is 2.27. The van der Waals surface area contributed by atoms with Gasteiger partial charge in [0, 0.05) is 26.3 Å². The molecule has 4 heteroatoms. The molecule has 0 aromatic heterocycles. The van der Waals surface area contributed by atoms with Gasteiger partial charge in [-0.1, -0.05) is 13.3 Å². The number of carbonyl (C=O) groups is 1.